The van der Waals surface area contributed by atoms with Crippen LogP contribution in [0.1, 0.15) is 121 Å². The number of hydrogen-bond donors (Lipinski definition) is 0. The molecule has 6 heteroatoms. The van der Waals surface area contributed by atoms with E-state index in [0.29, 0.717) is 0 Å². The summed E-state index contributed by atoms with van der Waals surface area (Å²) >= 11 is 0. The standard InChI is InChI=1S/C20H28O2Si.C16H36O2Si/c1-3-5-17-23(18-6-4-2,21-19-13-9-7-10-14-19)22-20-15-11-8-12-16-20;1-9-11-13-19(14-12-10-2,17-15(3,4)5)18-16(6,7)8/h7-16H,3-6,17-18H2,1-2H3;9-14H2,1-8H3. The highest BCUT2D eigenvalue weighted by atomic mass is 28.4. The van der Waals surface area contributed by atoms with Crippen molar-refractivity contribution >= 4 is 17.1 Å². The average Bonchev–Trinajstić information content (AvgIpc) is 2.92. The van der Waals surface area contributed by atoms with Gasteiger partial charge in [0.05, 0.1) is 11.2 Å². The molecule has 0 aliphatic heterocycles. The number of para-hydroxylation sites is 2. The minimum absolute atomic E-state index is 0.112. The van der Waals surface area contributed by atoms with Gasteiger partial charge in [0.15, 0.2) is 0 Å². The van der Waals surface area contributed by atoms with E-state index in [9.17, 15) is 0 Å². The van der Waals surface area contributed by atoms with Gasteiger partial charge >= 0.3 is 17.1 Å². The Morgan fingerprint density at radius 2 is 0.738 bits per heavy atom. The molecule has 0 saturated carbocycles. The summed E-state index contributed by atoms with van der Waals surface area (Å²) in [5, 5.41) is 0. The molecule has 0 aliphatic carbocycles. The molecule has 0 bridgehead atoms. The van der Waals surface area contributed by atoms with E-state index < -0.39 is 17.1 Å². The number of unbranched alkanes of at least 4 members (excludes halogenated alkanes) is 4. The van der Waals surface area contributed by atoms with E-state index in [0.717, 1.165) is 61.4 Å². The molecule has 240 valence electrons. The molecule has 0 saturated heterocycles. The van der Waals surface area contributed by atoms with Crippen LogP contribution in [0.3, 0.4) is 0 Å². The minimum atomic E-state index is -2.32. The maximum Gasteiger partial charge on any atom is 0.460 e. The summed E-state index contributed by atoms with van der Waals surface area (Å²) in [6, 6.07) is 24.6. The second-order valence-corrected chi connectivity index (χ2v) is 20.0. The normalized spacial score (nSPS) is 12.4. The third-order valence-corrected chi connectivity index (χ3v) is 14.4. The fraction of sp³-hybridized carbons (Fsp3) is 0.667. The maximum absolute atomic E-state index is 6.53. The van der Waals surface area contributed by atoms with E-state index in [1.54, 1.807) is 0 Å². The first-order chi connectivity index (χ1) is 19.8. The summed E-state index contributed by atoms with van der Waals surface area (Å²) in [6.45, 7) is 21.8. The first kappa shape index (κ1) is 38.4. The molecule has 2 aromatic carbocycles. The Morgan fingerprint density at radius 1 is 0.452 bits per heavy atom. The van der Waals surface area contributed by atoms with Crippen molar-refractivity contribution in [2.75, 3.05) is 0 Å². The van der Waals surface area contributed by atoms with Crippen LogP contribution in [0.4, 0.5) is 0 Å². The minimum Gasteiger partial charge on any atom is -0.512 e. The van der Waals surface area contributed by atoms with Crippen LogP contribution in [-0.2, 0) is 8.85 Å². The van der Waals surface area contributed by atoms with Crippen LogP contribution >= 0.6 is 0 Å². The Kier molecular flexibility index (Phi) is 18.0. The SMILES string of the molecule is CCCC[Si](CCCC)(OC(C)(C)C)OC(C)(C)C.CCCC[Si](CCCC)(Oc1ccccc1)Oc1ccccc1. The third kappa shape index (κ3) is 16.9. The summed E-state index contributed by atoms with van der Waals surface area (Å²) < 4.78 is 26.1. The molecule has 0 heterocycles. The van der Waals surface area contributed by atoms with Crippen LogP contribution in [-0.4, -0.2) is 28.3 Å². The fourth-order valence-electron chi connectivity index (χ4n) is 5.01. The molecule has 0 aromatic heterocycles. The van der Waals surface area contributed by atoms with Crippen molar-refractivity contribution in [3.63, 3.8) is 0 Å². The molecular formula is C36H64O4Si2. The summed E-state index contributed by atoms with van der Waals surface area (Å²) in [6.07, 6.45) is 9.47. The van der Waals surface area contributed by atoms with Crippen molar-refractivity contribution in [3.05, 3.63) is 60.7 Å². The van der Waals surface area contributed by atoms with Crippen LogP contribution in [0.2, 0.25) is 24.2 Å². The van der Waals surface area contributed by atoms with E-state index in [2.05, 4.69) is 69.2 Å². The molecule has 0 amide bonds. The van der Waals surface area contributed by atoms with Gasteiger partial charge in [0.25, 0.3) is 0 Å². The zero-order valence-electron chi connectivity index (χ0n) is 28.9. The molecule has 0 spiro atoms. The van der Waals surface area contributed by atoms with Gasteiger partial charge in [-0.1, -0.05) is 103 Å². The second-order valence-electron chi connectivity index (χ2n) is 13.5. The maximum atomic E-state index is 6.53. The molecule has 42 heavy (non-hydrogen) atoms. The van der Waals surface area contributed by atoms with Gasteiger partial charge < -0.3 is 17.7 Å². The first-order valence-electron chi connectivity index (χ1n) is 16.7. The largest absolute Gasteiger partial charge is 0.512 e. The van der Waals surface area contributed by atoms with E-state index in [1.165, 1.54) is 25.7 Å². The van der Waals surface area contributed by atoms with Gasteiger partial charge in [0, 0.05) is 12.1 Å². The van der Waals surface area contributed by atoms with Crippen molar-refractivity contribution in [3.8, 4) is 11.5 Å². The molecule has 2 rings (SSSR count). The van der Waals surface area contributed by atoms with Gasteiger partial charge in [-0.25, -0.2) is 0 Å². The lowest BCUT2D eigenvalue weighted by Crippen LogP contribution is -2.51. The summed E-state index contributed by atoms with van der Waals surface area (Å²) in [5.41, 5.74) is -0.224. The highest BCUT2D eigenvalue weighted by Crippen LogP contribution is 2.33. The predicted octanol–water partition coefficient (Wildman–Crippen LogP) is 11.8. The fourth-order valence-corrected chi connectivity index (χ4v) is 13.3. The summed E-state index contributed by atoms with van der Waals surface area (Å²) in [5.74, 6) is 1.87. The molecule has 0 atom stereocenters. The zero-order valence-corrected chi connectivity index (χ0v) is 30.9. The first-order valence-corrected chi connectivity index (χ1v) is 21.2. The smallest absolute Gasteiger partial charge is 0.460 e. The Labute approximate surface area is 262 Å². The van der Waals surface area contributed by atoms with Crippen LogP contribution in [0.25, 0.3) is 0 Å². The van der Waals surface area contributed by atoms with Gasteiger partial charge in [0.2, 0.25) is 0 Å². The topological polar surface area (TPSA) is 36.9 Å². The average molecular weight is 617 g/mol. The van der Waals surface area contributed by atoms with Crippen molar-refractivity contribution in [1.29, 1.82) is 0 Å². The van der Waals surface area contributed by atoms with Crippen molar-refractivity contribution in [1.82, 2.24) is 0 Å². The van der Waals surface area contributed by atoms with Gasteiger partial charge in [-0.05, 0) is 90.7 Å². The Morgan fingerprint density at radius 3 is 1.00 bits per heavy atom. The van der Waals surface area contributed by atoms with Gasteiger partial charge in [0.1, 0.15) is 11.5 Å². The molecule has 2 aromatic rings. The Hall–Kier alpha value is -1.61. The van der Waals surface area contributed by atoms with E-state index in [-0.39, 0.29) is 11.2 Å². The molecule has 0 aliphatic rings. The van der Waals surface area contributed by atoms with Crippen molar-refractivity contribution in [2.24, 2.45) is 0 Å². The monoisotopic (exact) mass is 616 g/mol. The van der Waals surface area contributed by atoms with Gasteiger partial charge in [-0.15, -0.1) is 0 Å². The van der Waals surface area contributed by atoms with E-state index in [4.69, 9.17) is 17.7 Å². The molecule has 0 unspecified atom stereocenters. The molecule has 0 radical (unpaired) electrons. The number of rotatable bonds is 18. The third-order valence-electron chi connectivity index (χ3n) is 6.72. The van der Waals surface area contributed by atoms with Crippen LogP contribution in [0.15, 0.2) is 60.7 Å². The van der Waals surface area contributed by atoms with Gasteiger partial charge in [-0.3, -0.25) is 0 Å². The van der Waals surface area contributed by atoms with Gasteiger partial charge in [-0.2, -0.15) is 0 Å². The second kappa shape index (κ2) is 19.6. The number of hydrogen-bond acceptors (Lipinski definition) is 4. The lowest BCUT2D eigenvalue weighted by molar-refractivity contribution is 0.0132. The Balaban J connectivity index is 0.000000430. The predicted molar refractivity (Wildman–Crippen MR) is 186 cm³/mol. The van der Waals surface area contributed by atoms with Crippen LogP contribution in [0.5, 0.6) is 11.5 Å². The highest BCUT2D eigenvalue weighted by molar-refractivity contribution is 6.69. The summed E-state index contributed by atoms with van der Waals surface area (Å²) in [7, 11) is -4.43. The lowest BCUT2D eigenvalue weighted by Gasteiger charge is -2.41. The molecule has 0 N–H and O–H groups in total. The highest BCUT2D eigenvalue weighted by Gasteiger charge is 2.43. The van der Waals surface area contributed by atoms with Crippen LogP contribution in [0, 0.1) is 0 Å². The van der Waals surface area contributed by atoms with Crippen molar-refractivity contribution < 1.29 is 17.7 Å². The van der Waals surface area contributed by atoms with Crippen LogP contribution < -0.4 is 8.85 Å². The molecule has 0 fully saturated rings. The number of benzene rings is 2. The Bertz CT molecular complexity index is 845. The van der Waals surface area contributed by atoms with E-state index >= 15 is 0 Å². The summed E-state index contributed by atoms with van der Waals surface area (Å²) in [4.78, 5) is 0. The lowest BCUT2D eigenvalue weighted by atomic mass is 10.2. The molecular weight excluding hydrogens is 553 g/mol. The van der Waals surface area contributed by atoms with Crippen molar-refractivity contribution in [2.45, 2.75) is 156 Å². The quantitative estimate of drug-likeness (QED) is 0.156. The molecule has 4 nitrogen and oxygen atoms in total. The van der Waals surface area contributed by atoms with E-state index in [1.807, 2.05) is 60.7 Å². The zero-order chi connectivity index (χ0) is 31.5.